The van der Waals surface area contributed by atoms with Gasteiger partial charge in [0.05, 0.1) is 0 Å². The summed E-state index contributed by atoms with van der Waals surface area (Å²) < 4.78 is 2.17. The Balaban J connectivity index is 1.63. The summed E-state index contributed by atoms with van der Waals surface area (Å²) in [6.45, 7) is 4.66. The highest BCUT2D eigenvalue weighted by atomic mass is 35.5. The van der Waals surface area contributed by atoms with E-state index in [1.54, 1.807) is 7.05 Å². The summed E-state index contributed by atoms with van der Waals surface area (Å²) in [6, 6.07) is 7.81. The molecule has 1 heterocycles. The molecule has 0 radical (unpaired) electrons. The maximum Gasteiger partial charge on any atom is 0.191 e. The second kappa shape index (κ2) is 9.20. The number of halogens is 1. The molecule has 23 heavy (non-hydrogen) atoms. The van der Waals surface area contributed by atoms with Gasteiger partial charge < -0.3 is 15.2 Å². The summed E-state index contributed by atoms with van der Waals surface area (Å²) in [6.07, 6.45) is 6.06. The van der Waals surface area contributed by atoms with Gasteiger partial charge in [0.15, 0.2) is 5.96 Å². The van der Waals surface area contributed by atoms with Gasteiger partial charge in [-0.25, -0.2) is 4.98 Å². The first-order valence-electron chi connectivity index (χ1n) is 7.86. The molecule has 2 aromatic rings. The van der Waals surface area contributed by atoms with Crippen molar-refractivity contribution in [1.82, 2.24) is 20.2 Å². The van der Waals surface area contributed by atoms with E-state index in [0.29, 0.717) is 0 Å². The molecule has 0 bridgehead atoms. The van der Waals surface area contributed by atoms with Gasteiger partial charge in [0.1, 0.15) is 5.82 Å². The summed E-state index contributed by atoms with van der Waals surface area (Å²) in [7, 11) is 1.78. The van der Waals surface area contributed by atoms with Crippen LogP contribution >= 0.6 is 11.6 Å². The van der Waals surface area contributed by atoms with E-state index in [-0.39, 0.29) is 0 Å². The number of aryl methyl sites for hydroxylation is 2. The SMILES string of the molecule is CN=C(NCCCCn1ccnc1C)NCc1ccc(Cl)cc1. The van der Waals surface area contributed by atoms with E-state index in [2.05, 4.69) is 25.2 Å². The monoisotopic (exact) mass is 333 g/mol. The lowest BCUT2D eigenvalue weighted by Gasteiger charge is -2.12. The predicted octanol–water partition coefficient (Wildman–Crippen LogP) is 2.99. The van der Waals surface area contributed by atoms with Gasteiger partial charge in [0, 0.05) is 44.1 Å². The van der Waals surface area contributed by atoms with Crippen LogP contribution in [-0.4, -0.2) is 29.1 Å². The van der Waals surface area contributed by atoms with E-state index in [9.17, 15) is 0 Å². The van der Waals surface area contributed by atoms with Gasteiger partial charge in [0.25, 0.3) is 0 Å². The first-order valence-corrected chi connectivity index (χ1v) is 8.23. The van der Waals surface area contributed by atoms with Crippen molar-refractivity contribution in [2.75, 3.05) is 13.6 Å². The van der Waals surface area contributed by atoms with Gasteiger partial charge in [-0.1, -0.05) is 23.7 Å². The van der Waals surface area contributed by atoms with E-state index >= 15 is 0 Å². The van der Waals surface area contributed by atoms with E-state index < -0.39 is 0 Å². The molecule has 1 aromatic heterocycles. The van der Waals surface area contributed by atoms with Crippen molar-refractivity contribution in [2.45, 2.75) is 32.9 Å². The predicted molar refractivity (Wildman–Crippen MR) is 95.9 cm³/mol. The Morgan fingerprint density at radius 1 is 1.22 bits per heavy atom. The van der Waals surface area contributed by atoms with Crippen molar-refractivity contribution in [3.63, 3.8) is 0 Å². The third kappa shape index (κ3) is 5.94. The second-order valence-corrected chi connectivity index (χ2v) is 5.79. The number of benzene rings is 1. The van der Waals surface area contributed by atoms with E-state index in [1.807, 2.05) is 43.6 Å². The summed E-state index contributed by atoms with van der Waals surface area (Å²) in [5, 5.41) is 7.39. The molecule has 0 aliphatic heterocycles. The molecular formula is C17H24ClN5. The van der Waals surface area contributed by atoms with Crippen molar-refractivity contribution < 1.29 is 0 Å². The lowest BCUT2D eigenvalue weighted by Crippen LogP contribution is -2.37. The van der Waals surface area contributed by atoms with Crippen LogP contribution in [0.2, 0.25) is 5.02 Å². The zero-order chi connectivity index (χ0) is 16.5. The quantitative estimate of drug-likeness (QED) is 0.465. The number of imidazole rings is 1. The van der Waals surface area contributed by atoms with E-state index in [4.69, 9.17) is 11.6 Å². The zero-order valence-electron chi connectivity index (χ0n) is 13.7. The van der Waals surface area contributed by atoms with Crippen LogP contribution in [0.25, 0.3) is 0 Å². The largest absolute Gasteiger partial charge is 0.356 e. The fourth-order valence-electron chi connectivity index (χ4n) is 2.26. The minimum Gasteiger partial charge on any atom is -0.356 e. The smallest absolute Gasteiger partial charge is 0.191 e. The lowest BCUT2D eigenvalue weighted by atomic mass is 10.2. The summed E-state index contributed by atoms with van der Waals surface area (Å²) in [4.78, 5) is 8.46. The van der Waals surface area contributed by atoms with Crippen molar-refractivity contribution in [1.29, 1.82) is 0 Å². The Hall–Kier alpha value is -2.01. The normalized spacial score (nSPS) is 11.5. The molecule has 5 nitrogen and oxygen atoms in total. The number of nitrogens with one attached hydrogen (secondary N) is 2. The Morgan fingerprint density at radius 3 is 2.65 bits per heavy atom. The van der Waals surface area contributed by atoms with Crippen LogP contribution in [0, 0.1) is 6.92 Å². The number of aromatic nitrogens is 2. The molecule has 6 heteroatoms. The molecule has 1 aromatic carbocycles. The van der Waals surface area contributed by atoms with Crippen LogP contribution < -0.4 is 10.6 Å². The average molecular weight is 334 g/mol. The summed E-state index contributed by atoms with van der Waals surface area (Å²) in [5.41, 5.74) is 1.17. The Labute approximate surface area is 142 Å². The number of hydrogen-bond donors (Lipinski definition) is 2. The highest BCUT2D eigenvalue weighted by Crippen LogP contribution is 2.09. The van der Waals surface area contributed by atoms with Crippen molar-refractivity contribution in [2.24, 2.45) is 4.99 Å². The van der Waals surface area contributed by atoms with Gasteiger partial charge in [-0.15, -0.1) is 0 Å². The average Bonchev–Trinajstić information content (AvgIpc) is 2.97. The van der Waals surface area contributed by atoms with Gasteiger partial charge in [-0.3, -0.25) is 4.99 Å². The van der Waals surface area contributed by atoms with Gasteiger partial charge in [0.2, 0.25) is 0 Å². The standard InChI is InChI=1S/C17H24ClN5/c1-14-20-10-12-23(14)11-4-3-9-21-17(19-2)22-13-15-5-7-16(18)8-6-15/h5-8,10,12H,3-4,9,11,13H2,1-2H3,(H2,19,21,22). The maximum absolute atomic E-state index is 5.88. The molecule has 2 N–H and O–H groups in total. The minimum atomic E-state index is 0.727. The number of guanidine groups is 1. The van der Waals surface area contributed by atoms with Gasteiger partial charge >= 0.3 is 0 Å². The second-order valence-electron chi connectivity index (χ2n) is 5.35. The molecule has 0 saturated heterocycles. The molecule has 0 saturated carbocycles. The molecule has 124 valence electrons. The first-order chi connectivity index (χ1) is 11.2. The minimum absolute atomic E-state index is 0.727. The molecule has 0 spiro atoms. The molecule has 0 aliphatic rings. The highest BCUT2D eigenvalue weighted by molar-refractivity contribution is 6.30. The topological polar surface area (TPSA) is 54.2 Å². The molecular weight excluding hydrogens is 310 g/mol. The van der Waals surface area contributed by atoms with E-state index in [1.165, 1.54) is 5.56 Å². The fraction of sp³-hybridized carbons (Fsp3) is 0.412. The number of rotatable bonds is 7. The van der Waals surface area contributed by atoms with Crippen LogP contribution in [0.1, 0.15) is 24.2 Å². The number of hydrogen-bond acceptors (Lipinski definition) is 2. The molecule has 0 fully saturated rings. The number of nitrogens with zero attached hydrogens (tertiary/aromatic N) is 3. The highest BCUT2D eigenvalue weighted by Gasteiger charge is 1.99. The summed E-state index contributed by atoms with van der Waals surface area (Å²) >= 11 is 5.88. The van der Waals surface area contributed by atoms with Crippen molar-refractivity contribution >= 4 is 17.6 Å². The van der Waals surface area contributed by atoms with Crippen LogP contribution in [0.15, 0.2) is 41.7 Å². The van der Waals surface area contributed by atoms with Gasteiger partial charge in [-0.05, 0) is 37.5 Å². The van der Waals surface area contributed by atoms with Crippen LogP contribution in [0.4, 0.5) is 0 Å². The third-order valence-electron chi connectivity index (χ3n) is 3.64. The third-order valence-corrected chi connectivity index (χ3v) is 3.89. The molecule has 0 atom stereocenters. The number of unbranched alkanes of at least 4 members (excludes halogenated alkanes) is 1. The van der Waals surface area contributed by atoms with Crippen LogP contribution in [-0.2, 0) is 13.1 Å². The van der Waals surface area contributed by atoms with Crippen LogP contribution in [0.3, 0.4) is 0 Å². The fourth-order valence-corrected chi connectivity index (χ4v) is 2.39. The molecule has 0 unspecified atom stereocenters. The Morgan fingerprint density at radius 2 is 2.00 bits per heavy atom. The zero-order valence-corrected chi connectivity index (χ0v) is 14.5. The first kappa shape index (κ1) is 17.3. The maximum atomic E-state index is 5.88. The van der Waals surface area contributed by atoms with Gasteiger partial charge in [-0.2, -0.15) is 0 Å². The van der Waals surface area contributed by atoms with Crippen molar-refractivity contribution in [3.8, 4) is 0 Å². The summed E-state index contributed by atoms with van der Waals surface area (Å²) in [5.74, 6) is 1.89. The lowest BCUT2D eigenvalue weighted by molar-refractivity contribution is 0.588. The van der Waals surface area contributed by atoms with Crippen molar-refractivity contribution in [3.05, 3.63) is 53.1 Å². The number of aliphatic imine (C=N–C) groups is 1. The van der Waals surface area contributed by atoms with Crippen LogP contribution in [0.5, 0.6) is 0 Å². The molecule has 0 amide bonds. The Bertz CT molecular complexity index is 618. The molecule has 0 aliphatic carbocycles. The molecule has 2 rings (SSSR count). The Kier molecular flexibility index (Phi) is 6.94. The van der Waals surface area contributed by atoms with E-state index in [0.717, 1.165) is 49.3 Å².